The fraction of sp³-hybridized carbons (Fsp3) is 0.385. The van der Waals surface area contributed by atoms with Gasteiger partial charge in [-0.25, -0.2) is 14.2 Å². The van der Waals surface area contributed by atoms with Crippen LogP contribution in [-0.2, 0) is 11.3 Å². The number of nitrogens with zero attached hydrogens (tertiary/aromatic N) is 2. The van der Waals surface area contributed by atoms with E-state index >= 15 is 0 Å². The van der Waals surface area contributed by atoms with E-state index < -0.39 is 11.8 Å². The van der Waals surface area contributed by atoms with Gasteiger partial charge in [-0.05, 0) is 33.2 Å². The van der Waals surface area contributed by atoms with Gasteiger partial charge in [0.1, 0.15) is 22.7 Å². The summed E-state index contributed by atoms with van der Waals surface area (Å²) in [4.78, 5) is 21.1. The number of aromatic amines is 1. The molecule has 0 saturated carbocycles. The Bertz CT molecular complexity index is 607. The van der Waals surface area contributed by atoms with E-state index in [1.54, 1.807) is 13.0 Å². The highest BCUT2D eigenvalue weighted by Crippen LogP contribution is 2.21. The smallest absolute Gasteiger partial charge is 0.343 e. The molecule has 0 spiro atoms. The first-order valence-corrected chi connectivity index (χ1v) is 6.02. The predicted octanol–water partition coefficient (Wildman–Crippen LogP) is 1.94. The van der Waals surface area contributed by atoms with E-state index in [9.17, 15) is 9.18 Å². The van der Waals surface area contributed by atoms with Crippen molar-refractivity contribution in [1.29, 1.82) is 0 Å². The molecule has 0 atom stereocenters. The second kappa shape index (κ2) is 5.36. The molecule has 1 aromatic heterocycles. The van der Waals surface area contributed by atoms with Crippen LogP contribution in [0.4, 0.5) is 4.39 Å². The average Bonchev–Trinajstić information content (AvgIpc) is 2.70. The minimum Gasteiger partial charge on any atom is -0.462 e. The first-order chi connectivity index (χ1) is 9.02. The monoisotopic (exact) mass is 265 g/mol. The second-order valence-electron chi connectivity index (χ2n) is 4.46. The molecule has 0 bridgehead atoms. The molecule has 0 amide bonds. The standard InChI is InChI=1S/C13H16FN3O2/c1-4-19-13(18)11-8(14)5-6-9-12(11)16-10(15-9)7-17(2)3/h5-6H,4,7H2,1-3H3,(H,15,16). The number of hydrogen-bond donors (Lipinski definition) is 1. The lowest BCUT2D eigenvalue weighted by atomic mass is 10.1. The van der Waals surface area contributed by atoms with Crippen LogP contribution in [0, 0.1) is 5.82 Å². The third-order valence-electron chi connectivity index (χ3n) is 2.60. The van der Waals surface area contributed by atoms with Gasteiger partial charge in [-0.2, -0.15) is 0 Å². The molecule has 5 nitrogen and oxygen atoms in total. The molecule has 0 fully saturated rings. The van der Waals surface area contributed by atoms with E-state index in [2.05, 4.69) is 9.97 Å². The second-order valence-corrected chi connectivity index (χ2v) is 4.46. The molecular weight excluding hydrogens is 249 g/mol. The minimum atomic E-state index is -0.687. The Morgan fingerprint density at radius 3 is 2.84 bits per heavy atom. The highest BCUT2D eigenvalue weighted by Gasteiger charge is 2.20. The maximum absolute atomic E-state index is 13.8. The number of halogens is 1. The van der Waals surface area contributed by atoms with Crippen LogP contribution in [0.25, 0.3) is 11.0 Å². The van der Waals surface area contributed by atoms with Gasteiger partial charge >= 0.3 is 5.97 Å². The molecule has 0 aliphatic carbocycles. The number of rotatable bonds is 4. The summed E-state index contributed by atoms with van der Waals surface area (Å²) >= 11 is 0. The highest BCUT2D eigenvalue weighted by atomic mass is 19.1. The normalized spacial score (nSPS) is 11.2. The summed E-state index contributed by atoms with van der Waals surface area (Å²) in [6.07, 6.45) is 0. The quantitative estimate of drug-likeness (QED) is 0.858. The highest BCUT2D eigenvalue weighted by molar-refractivity contribution is 6.02. The summed E-state index contributed by atoms with van der Waals surface area (Å²) in [5, 5.41) is 0. The third-order valence-corrected chi connectivity index (χ3v) is 2.60. The summed E-state index contributed by atoms with van der Waals surface area (Å²) < 4.78 is 18.7. The van der Waals surface area contributed by atoms with Crippen LogP contribution >= 0.6 is 0 Å². The molecule has 19 heavy (non-hydrogen) atoms. The number of carbonyl (C=O) groups excluding carboxylic acids is 1. The van der Waals surface area contributed by atoms with E-state index in [-0.39, 0.29) is 12.2 Å². The molecule has 102 valence electrons. The topological polar surface area (TPSA) is 58.2 Å². The van der Waals surface area contributed by atoms with Gasteiger partial charge < -0.3 is 14.6 Å². The van der Waals surface area contributed by atoms with E-state index in [0.29, 0.717) is 23.4 Å². The average molecular weight is 265 g/mol. The first kappa shape index (κ1) is 13.5. The van der Waals surface area contributed by atoms with Crippen LogP contribution in [0.1, 0.15) is 23.1 Å². The fourth-order valence-electron chi connectivity index (χ4n) is 1.87. The summed E-state index contributed by atoms with van der Waals surface area (Å²) in [5.41, 5.74) is 0.831. The number of aromatic nitrogens is 2. The lowest BCUT2D eigenvalue weighted by molar-refractivity contribution is 0.0523. The van der Waals surface area contributed by atoms with Crippen LogP contribution in [0.2, 0.25) is 0 Å². The number of ether oxygens (including phenoxy) is 1. The maximum Gasteiger partial charge on any atom is 0.343 e. The summed E-state index contributed by atoms with van der Waals surface area (Å²) in [5.74, 6) is -0.626. The fourth-order valence-corrected chi connectivity index (χ4v) is 1.87. The van der Waals surface area contributed by atoms with Crippen molar-refractivity contribution in [2.75, 3.05) is 20.7 Å². The molecular formula is C13H16FN3O2. The first-order valence-electron chi connectivity index (χ1n) is 6.02. The van der Waals surface area contributed by atoms with Crippen LogP contribution in [0.15, 0.2) is 12.1 Å². The minimum absolute atomic E-state index is 0.111. The molecule has 2 aromatic rings. The van der Waals surface area contributed by atoms with Gasteiger partial charge in [-0.1, -0.05) is 0 Å². The van der Waals surface area contributed by atoms with E-state index in [0.717, 1.165) is 0 Å². The van der Waals surface area contributed by atoms with E-state index in [1.165, 1.54) is 6.07 Å². The van der Waals surface area contributed by atoms with Crippen molar-refractivity contribution >= 4 is 17.0 Å². The number of carbonyl (C=O) groups is 1. The Hall–Kier alpha value is -1.95. The van der Waals surface area contributed by atoms with Crippen LogP contribution in [0.5, 0.6) is 0 Å². The van der Waals surface area contributed by atoms with Crippen LogP contribution < -0.4 is 0 Å². The Labute approximate surface area is 110 Å². The van der Waals surface area contributed by atoms with Crippen LogP contribution in [-0.4, -0.2) is 41.5 Å². The SMILES string of the molecule is CCOC(=O)c1c(F)ccc2[nH]c(CN(C)C)nc12. The van der Waals surface area contributed by atoms with Crippen molar-refractivity contribution < 1.29 is 13.9 Å². The van der Waals surface area contributed by atoms with Crippen molar-refractivity contribution in [1.82, 2.24) is 14.9 Å². The van der Waals surface area contributed by atoms with Crippen molar-refractivity contribution in [3.8, 4) is 0 Å². The van der Waals surface area contributed by atoms with Crippen molar-refractivity contribution in [2.24, 2.45) is 0 Å². The third kappa shape index (κ3) is 2.73. The Kier molecular flexibility index (Phi) is 3.80. The number of nitrogens with one attached hydrogen (secondary N) is 1. The number of esters is 1. The Morgan fingerprint density at radius 1 is 1.47 bits per heavy atom. The lowest BCUT2D eigenvalue weighted by Gasteiger charge is -2.05. The van der Waals surface area contributed by atoms with E-state index in [1.807, 2.05) is 19.0 Å². The van der Waals surface area contributed by atoms with Crippen molar-refractivity contribution in [3.63, 3.8) is 0 Å². The van der Waals surface area contributed by atoms with Gasteiger partial charge in [-0.15, -0.1) is 0 Å². The predicted molar refractivity (Wildman–Crippen MR) is 69.4 cm³/mol. The van der Waals surface area contributed by atoms with Gasteiger partial charge in [0.2, 0.25) is 0 Å². The molecule has 0 aliphatic heterocycles. The number of H-pyrrole nitrogens is 1. The summed E-state index contributed by atoms with van der Waals surface area (Å²) in [7, 11) is 3.81. The maximum atomic E-state index is 13.8. The number of imidazole rings is 1. The molecule has 0 saturated heterocycles. The molecule has 0 aliphatic rings. The van der Waals surface area contributed by atoms with Gasteiger partial charge in [0.15, 0.2) is 0 Å². The molecule has 1 N–H and O–H groups in total. The van der Waals surface area contributed by atoms with Gasteiger partial charge in [0.25, 0.3) is 0 Å². The lowest BCUT2D eigenvalue weighted by Crippen LogP contribution is -2.11. The molecule has 0 unspecified atom stereocenters. The number of fused-ring (bicyclic) bond motifs is 1. The number of benzene rings is 1. The van der Waals surface area contributed by atoms with Gasteiger partial charge in [0, 0.05) is 0 Å². The zero-order valence-corrected chi connectivity index (χ0v) is 11.2. The number of hydrogen-bond acceptors (Lipinski definition) is 4. The Balaban J connectivity index is 2.51. The van der Waals surface area contributed by atoms with Crippen molar-refractivity contribution in [3.05, 3.63) is 29.3 Å². The zero-order chi connectivity index (χ0) is 14.0. The van der Waals surface area contributed by atoms with E-state index in [4.69, 9.17) is 4.74 Å². The zero-order valence-electron chi connectivity index (χ0n) is 11.2. The van der Waals surface area contributed by atoms with Crippen LogP contribution in [0.3, 0.4) is 0 Å². The molecule has 0 radical (unpaired) electrons. The van der Waals surface area contributed by atoms with Crippen molar-refractivity contribution in [2.45, 2.75) is 13.5 Å². The van der Waals surface area contributed by atoms with Gasteiger partial charge in [0.05, 0.1) is 18.7 Å². The molecule has 6 heteroatoms. The summed E-state index contributed by atoms with van der Waals surface area (Å²) in [6, 6.07) is 2.81. The molecule has 1 heterocycles. The van der Waals surface area contributed by atoms with Gasteiger partial charge in [-0.3, -0.25) is 0 Å². The molecule has 1 aromatic carbocycles. The molecule has 2 rings (SSSR count). The summed E-state index contributed by atoms with van der Waals surface area (Å²) in [6.45, 7) is 2.46. The largest absolute Gasteiger partial charge is 0.462 e. The Morgan fingerprint density at radius 2 is 2.21 bits per heavy atom.